The first-order valence-corrected chi connectivity index (χ1v) is 8.42. The zero-order chi connectivity index (χ0) is 14.7. The van der Waals surface area contributed by atoms with Crippen LogP contribution in [0.15, 0.2) is 30.3 Å². The molecule has 3 heteroatoms. The van der Waals surface area contributed by atoms with Crippen LogP contribution in [0.3, 0.4) is 0 Å². The Balaban J connectivity index is 1.62. The lowest BCUT2D eigenvalue weighted by molar-refractivity contribution is 0.582. The lowest BCUT2D eigenvalue weighted by Gasteiger charge is -2.12. The van der Waals surface area contributed by atoms with Crippen molar-refractivity contribution >= 4 is 11.3 Å². The topological polar surface area (TPSA) is 35.8 Å². The largest absolute Gasteiger partial charge is 0.305 e. The molecule has 0 fully saturated rings. The van der Waals surface area contributed by atoms with Gasteiger partial charge in [-0.1, -0.05) is 12.1 Å². The van der Waals surface area contributed by atoms with Gasteiger partial charge in [0.2, 0.25) is 0 Å². The maximum Gasteiger partial charge on any atom is 0.0991 e. The first kappa shape index (κ1) is 14.3. The van der Waals surface area contributed by atoms with Gasteiger partial charge in [-0.15, -0.1) is 11.3 Å². The van der Waals surface area contributed by atoms with Gasteiger partial charge in [0.15, 0.2) is 0 Å². The molecule has 2 nitrogen and oxygen atoms in total. The molecule has 0 spiro atoms. The Morgan fingerprint density at radius 1 is 1.24 bits per heavy atom. The van der Waals surface area contributed by atoms with E-state index in [4.69, 9.17) is 5.26 Å². The summed E-state index contributed by atoms with van der Waals surface area (Å²) in [7, 11) is 0. The average molecular weight is 296 g/mol. The molecule has 1 aliphatic carbocycles. The monoisotopic (exact) mass is 296 g/mol. The molecule has 0 radical (unpaired) electrons. The van der Waals surface area contributed by atoms with Crippen molar-refractivity contribution in [3.63, 3.8) is 0 Å². The van der Waals surface area contributed by atoms with E-state index in [2.05, 4.69) is 24.4 Å². The van der Waals surface area contributed by atoms with Crippen molar-refractivity contribution in [3.05, 3.63) is 56.8 Å². The number of nitrogens with zero attached hydrogens (tertiary/aromatic N) is 1. The van der Waals surface area contributed by atoms with Crippen LogP contribution in [0.2, 0.25) is 0 Å². The predicted molar refractivity (Wildman–Crippen MR) is 87.4 cm³/mol. The number of hydrogen-bond donors (Lipinski definition) is 1. The Morgan fingerprint density at radius 3 is 2.71 bits per heavy atom. The minimum absolute atomic E-state index is 0.385. The molecule has 0 saturated carbocycles. The summed E-state index contributed by atoms with van der Waals surface area (Å²) in [5, 5.41) is 12.4. The van der Waals surface area contributed by atoms with Gasteiger partial charge in [-0.05, 0) is 61.9 Å². The number of hydrogen-bond acceptors (Lipinski definition) is 3. The molecule has 1 unspecified atom stereocenters. The van der Waals surface area contributed by atoms with Crippen LogP contribution in [0.5, 0.6) is 0 Å². The maximum absolute atomic E-state index is 8.81. The van der Waals surface area contributed by atoms with Gasteiger partial charge in [0.1, 0.15) is 0 Å². The van der Waals surface area contributed by atoms with Gasteiger partial charge in [0.25, 0.3) is 0 Å². The number of aryl methyl sites for hydroxylation is 2. The minimum Gasteiger partial charge on any atom is -0.305 e. The third-order valence-corrected chi connectivity index (χ3v) is 5.56. The summed E-state index contributed by atoms with van der Waals surface area (Å²) in [5.74, 6) is 0. The summed E-state index contributed by atoms with van der Waals surface area (Å²) in [4.78, 5) is 3.05. The highest BCUT2D eigenvalue weighted by molar-refractivity contribution is 7.12. The van der Waals surface area contributed by atoms with E-state index in [-0.39, 0.29) is 0 Å². The van der Waals surface area contributed by atoms with Crippen LogP contribution in [0.1, 0.15) is 52.3 Å². The van der Waals surface area contributed by atoms with E-state index >= 15 is 0 Å². The molecule has 0 bridgehead atoms. The molecular weight excluding hydrogens is 276 g/mol. The highest BCUT2D eigenvalue weighted by Gasteiger charge is 2.16. The van der Waals surface area contributed by atoms with Crippen molar-refractivity contribution < 1.29 is 0 Å². The van der Waals surface area contributed by atoms with E-state index in [9.17, 15) is 0 Å². The standard InChI is InChI=1S/C18H20N2S/c1-13(18-10-16-4-2-3-5-17(16)21-18)20-12-15-8-6-14(11-19)7-9-15/h6-10,13,20H,2-5,12H2,1H3. The van der Waals surface area contributed by atoms with Crippen LogP contribution in [0, 0.1) is 11.3 Å². The van der Waals surface area contributed by atoms with Crippen LogP contribution in [-0.4, -0.2) is 0 Å². The quantitative estimate of drug-likeness (QED) is 0.910. The lowest BCUT2D eigenvalue weighted by atomic mass is 9.99. The second kappa shape index (κ2) is 6.43. The van der Waals surface area contributed by atoms with E-state index in [0.717, 1.165) is 12.1 Å². The van der Waals surface area contributed by atoms with Gasteiger partial charge in [0, 0.05) is 22.3 Å². The normalized spacial score (nSPS) is 15.2. The summed E-state index contributed by atoms with van der Waals surface area (Å²) < 4.78 is 0. The number of rotatable bonds is 4. The van der Waals surface area contributed by atoms with Crippen LogP contribution in [0.25, 0.3) is 0 Å². The Kier molecular flexibility index (Phi) is 4.38. The fraction of sp³-hybridized carbons (Fsp3) is 0.389. The van der Waals surface area contributed by atoms with Crippen molar-refractivity contribution in [2.24, 2.45) is 0 Å². The number of benzene rings is 1. The van der Waals surface area contributed by atoms with Crippen molar-refractivity contribution in [1.29, 1.82) is 5.26 Å². The van der Waals surface area contributed by atoms with Gasteiger partial charge in [-0.3, -0.25) is 0 Å². The van der Waals surface area contributed by atoms with Crippen molar-refractivity contribution in [3.8, 4) is 6.07 Å². The number of nitriles is 1. The number of fused-ring (bicyclic) bond motifs is 1. The first-order chi connectivity index (χ1) is 10.3. The Bertz CT molecular complexity index is 625. The van der Waals surface area contributed by atoms with Gasteiger partial charge < -0.3 is 5.32 Å². The van der Waals surface area contributed by atoms with Gasteiger partial charge in [-0.2, -0.15) is 5.26 Å². The molecule has 1 aliphatic rings. The summed E-state index contributed by atoms with van der Waals surface area (Å²) >= 11 is 1.98. The summed E-state index contributed by atoms with van der Waals surface area (Å²) in [6.07, 6.45) is 5.22. The highest BCUT2D eigenvalue weighted by atomic mass is 32.1. The molecule has 1 aromatic carbocycles. The Morgan fingerprint density at radius 2 is 2.00 bits per heavy atom. The molecule has 1 heterocycles. The zero-order valence-corrected chi connectivity index (χ0v) is 13.2. The fourth-order valence-corrected chi connectivity index (χ4v) is 4.08. The Hall–Kier alpha value is -1.63. The second-order valence-electron chi connectivity index (χ2n) is 5.72. The molecule has 108 valence electrons. The van der Waals surface area contributed by atoms with E-state index in [1.807, 2.05) is 35.6 Å². The van der Waals surface area contributed by atoms with E-state index in [1.165, 1.54) is 36.1 Å². The maximum atomic E-state index is 8.81. The fourth-order valence-electron chi connectivity index (χ4n) is 2.80. The van der Waals surface area contributed by atoms with E-state index in [1.54, 1.807) is 10.4 Å². The molecule has 0 amide bonds. The molecular formula is C18H20N2S. The van der Waals surface area contributed by atoms with Crippen LogP contribution in [0.4, 0.5) is 0 Å². The highest BCUT2D eigenvalue weighted by Crippen LogP contribution is 2.32. The average Bonchev–Trinajstić information content (AvgIpc) is 2.97. The molecule has 3 rings (SSSR count). The zero-order valence-electron chi connectivity index (χ0n) is 12.4. The molecule has 2 aromatic rings. The third kappa shape index (κ3) is 3.34. The van der Waals surface area contributed by atoms with E-state index in [0.29, 0.717) is 6.04 Å². The smallest absolute Gasteiger partial charge is 0.0991 e. The van der Waals surface area contributed by atoms with Crippen LogP contribution in [-0.2, 0) is 19.4 Å². The summed E-state index contributed by atoms with van der Waals surface area (Å²) in [5.41, 5.74) is 3.52. The third-order valence-electron chi connectivity index (χ3n) is 4.14. The molecule has 21 heavy (non-hydrogen) atoms. The van der Waals surface area contributed by atoms with Gasteiger partial charge in [0.05, 0.1) is 11.6 Å². The molecule has 0 saturated heterocycles. The summed E-state index contributed by atoms with van der Waals surface area (Å²) in [6.45, 7) is 3.08. The SMILES string of the molecule is CC(NCc1ccc(C#N)cc1)c1cc2c(s1)CCCC2. The van der Waals surface area contributed by atoms with Crippen LogP contribution >= 0.6 is 11.3 Å². The van der Waals surface area contributed by atoms with Crippen molar-refractivity contribution in [2.45, 2.75) is 45.2 Å². The van der Waals surface area contributed by atoms with Crippen molar-refractivity contribution in [1.82, 2.24) is 5.32 Å². The molecule has 0 aliphatic heterocycles. The number of nitrogens with one attached hydrogen (secondary N) is 1. The van der Waals surface area contributed by atoms with E-state index < -0.39 is 0 Å². The van der Waals surface area contributed by atoms with Gasteiger partial charge in [-0.25, -0.2) is 0 Å². The summed E-state index contributed by atoms with van der Waals surface area (Å²) in [6, 6.07) is 12.7. The van der Waals surface area contributed by atoms with Gasteiger partial charge >= 0.3 is 0 Å². The molecule has 1 atom stereocenters. The molecule has 1 N–H and O–H groups in total. The minimum atomic E-state index is 0.385. The predicted octanol–water partition coefficient (Wildman–Crippen LogP) is 4.35. The van der Waals surface area contributed by atoms with Crippen LogP contribution < -0.4 is 5.32 Å². The Labute approximate surface area is 130 Å². The number of thiophene rings is 1. The second-order valence-corrected chi connectivity index (χ2v) is 6.88. The lowest BCUT2D eigenvalue weighted by Crippen LogP contribution is -2.17. The van der Waals surface area contributed by atoms with Crippen molar-refractivity contribution in [2.75, 3.05) is 0 Å². The molecule has 1 aromatic heterocycles. The first-order valence-electron chi connectivity index (χ1n) is 7.60.